The van der Waals surface area contributed by atoms with Crippen LogP contribution in [-0.2, 0) is 4.79 Å². The summed E-state index contributed by atoms with van der Waals surface area (Å²) in [4.78, 5) is 25.7. The Morgan fingerprint density at radius 2 is 2.15 bits per heavy atom. The van der Waals surface area contributed by atoms with Gasteiger partial charge in [0, 0.05) is 19.3 Å². The van der Waals surface area contributed by atoms with Gasteiger partial charge in [0.1, 0.15) is 11.9 Å². The zero-order valence-corrected chi connectivity index (χ0v) is 11.4. The van der Waals surface area contributed by atoms with Crippen molar-refractivity contribution >= 4 is 17.5 Å². The Balaban J connectivity index is 2.30. The minimum absolute atomic E-state index is 0.0826. The van der Waals surface area contributed by atoms with Crippen LogP contribution < -0.4 is 11.1 Å². The highest BCUT2D eigenvalue weighted by molar-refractivity contribution is 5.98. The Morgan fingerprint density at radius 1 is 1.40 bits per heavy atom. The molecule has 0 spiro atoms. The van der Waals surface area contributed by atoms with E-state index in [2.05, 4.69) is 5.32 Å². The molecule has 1 aromatic carbocycles. The number of anilines is 1. The Hall–Kier alpha value is -2.11. The number of benzene rings is 1. The summed E-state index contributed by atoms with van der Waals surface area (Å²) in [5.41, 5.74) is 5.84. The number of carbonyl (C=O) groups is 2. The molecule has 1 heterocycles. The first kappa shape index (κ1) is 14.3. The summed E-state index contributed by atoms with van der Waals surface area (Å²) in [5, 5.41) is 2.55. The van der Waals surface area contributed by atoms with E-state index in [0.29, 0.717) is 18.7 Å². The van der Waals surface area contributed by atoms with Gasteiger partial charge in [-0.3, -0.25) is 9.59 Å². The van der Waals surface area contributed by atoms with Gasteiger partial charge < -0.3 is 16.0 Å². The molecular formula is C14H18FN3O2. The highest BCUT2D eigenvalue weighted by Crippen LogP contribution is 2.22. The first-order valence-corrected chi connectivity index (χ1v) is 6.62. The van der Waals surface area contributed by atoms with E-state index < -0.39 is 17.8 Å². The lowest BCUT2D eigenvalue weighted by Crippen LogP contribution is -2.51. The smallest absolute Gasteiger partial charge is 0.257 e. The minimum atomic E-state index is -0.620. The fourth-order valence-electron chi connectivity index (χ4n) is 2.48. The number of carbonyl (C=O) groups excluding carboxylic acids is 2. The quantitative estimate of drug-likeness (QED) is 0.797. The van der Waals surface area contributed by atoms with Crippen molar-refractivity contribution in [3.63, 3.8) is 0 Å². The molecule has 0 radical (unpaired) electrons. The predicted octanol–water partition coefficient (Wildman–Crippen LogP) is 1.15. The molecular weight excluding hydrogens is 261 g/mol. The summed E-state index contributed by atoms with van der Waals surface area (Å²) in [7, 11) is 1.53. The van der Waals surface area contributed by atoms with Crippen molar-refractivity contribution in [2.75, 3.05) is 19.3 Å². The summed E-state index contributed by atoms with van der Waals surface area (Å²) in [6.07, 6.45) is 2.28. The lowest BCUT2D eigenvalue weighted by atomic mass is 10.00. The van der Waals surface area contributed by atoms with E-state index in [0.717, 1.165) is 12.8 Å². The number of piperidine rings is 1. The molecule has 0 saturated carbocycles. The zero-order chi connectivity index (χ0) is 14.7. The second kappa shape index (κ2) is 5.90. The monoisotopic (exact) mass is 279 g/mol. The third-order valence-electron chi connectivity index (χ3n) is 3.53. The Morgan fingerprint density at radius 3 is 2.85 bits per heavy atom. The summed E-state index contributed by atoms with van der Waals surface area (Å²) >= 11 is 0. The van der Waals surface area contributed by atoms with Gasteiger partial charge in [-0.1, -0.05) is 0 Å². The Bertz CT molecular complexity index is 533. The van der Waals surface area contributed by atoms with Crippen molar-refractivity contribution in [2.45, 2.75) is 25.3 Å². The second-order valence-corrected chi connectivity index (χ2v) is 4.86. The fourth-order valence-corrected chi connectivity index (χ4v) is 2.48. The number of likely N-dealkylation sites (N-methyl/N-ethyl adjacent to an activating group) is 1. The summed E-state index contributed by atoms with van der Waals surface area (Å²) in [6.45, 7) is 0.450. The number of likely N-dealkylation sites (tertiary alicyclic amines) is 1. The molecule has 1 atom stereocenters. The van der Waals surface area contributed by atoms with E-state index in [1.807, 2.05) is 0 Å². The normalized spacial score (nSPS) is 18.7. The van der Waals surface area contributed by atoms with Crippen LogP contribution in [-0.4, -0.2) is 36.3 Å². The second-order valence-electron chi connectivity index (χ2n) is 4.86. The van der Waals surface area contributed by atoms with Gasteiger partial charge in [-0.2, -0.15) is 0 Å². The van der Waals surface area contributed by atoms with Crippen LogP contribution in [0.5, 0.6) is 0 Å². The van der Waals surface area contributed by atoms with Crippen LogP contribution in [0, 0.1) is 5.82 Å². The average molecular weight is 279 g/mol. The SMILES string of the molecule is CNC(=O)C1CCCCN1C(=O)c1cc(N)ccc1F. The van der Waals surface area contributed by atoms with Gasteiger partial charge in [0.25, 0.3) is 5.91 Å². The molecule has 1 aliphatic rings. The maximum absolute atomic E-state index is 13.8. The van der Waals surface area contributed by atoms with Gasteiger partial charge >= 0.3 is 0 Å². The number of hydrogen-bond acceptors (Lipinski definition) is 3. The molecule has 3 N–H and O–H groups in total. The number of nitrogens with one attached hydrogen (secondary N) is 1. The zero-order valence-electron chi connectivity index (χ0n) is 11.4. The molecule has 20 heavy (non-hydrogen) atoms. The van der Waals surface area contributed by atoms with Crippen molar-refractivity contribution in [2.24, 2.45) is 0 Å². The van der Waals surface area contributed by atoms with Crippen molar-refractivity contribution in [1.82, 2.24) is 10.2 Å². The number of amides is 2. The molecule has 5 nitrogen and oxygen atoms in total. The lowest BCUT2D eigenvalue weighted by Gasteiger charge is -2.34. The van der Waals surface area contributed by atoms with E-state index in [1.54, 1.807) is 0 Å². The average Bonchev–Trinajstić information content (AvgIpc) is 2.48. The summed E-state index contributed by atoms with van der Waals surface area (Å²) in [6, 6.07) is 3.34. The Kier molecular flexibility index (Phi) is 4.22. The maximum atomic E-state index is 13.8. The van der Waals surface area contributed by atoms with Crippen LogP contribution in [0.3, 0.4) is 0 Å². The van der Waals surface area contributed by atoms with Crippen molar-refractivity contribution in [3.05, 3.63) is 29.6 Å². The van der Waals surface area contributed by atoms with E-state index in [4.69, 9.17) is 5.73 Å². The first-order valence-electron chi connectivity index (χ1n) is 6.62. The van der Waals surface area contributed by atoms with Gasteiger partial charge in [-0.05, 0) is 37.5 Å². The fraction of sp³-hybridized carbons (Fsp3) is 0.429. The lowest BCUT2D eigenvalue weighted by molar-refractivity contribution is -0.126. The van der Waals surface area contributed by atoms with Crippen molar-refractivity contribution < 1.29 is 14.0 Å². The van der Waals surface area contributed by atoms with Gasteiger partial charge in [-0.15, -0.1) is 0 Å². The van der Waals surface area contributed by atoms with E-state index in [9.17, 15) is 14.0 Å². The molecule has 1 aromatic rings. The highest BCUT2D eigenvalue weighted by atomic mass is 19.1. The third kappa shape index (κ3) is 2.74. The van der Waals surface area contributed by atoms with Gasteiger partial charge in [0.05, 0.1) is 5.56 Å². The highest BCUT2D eigenvalue weighted by Gasteiger charge is 2.33. The minimum Gasteiger partial charge on any atom is -0.399 e. The summed E-state index contributed by atoms with van der Waals surface area (Å²) < 4.78 is 13.8. The Labute approximate surface area is 116 Å². The van der Waals surface area contributed by atoms with E-state index in [-0.39, 0.29) is 11.5 Å². The molecule has 108 valence electrons. The molecule has 2 rings (SSSR count). The van der Waals surface area contributed by atoms with Gasteiger partial charge in [-0.25, -0.2) is 4.39 Å². The molecule has 0 aliphatic carbocycles. The van der Waals surface area contributed by atoms with Crippen LogP contribution >= 0.6 is 0 Å². The molecule has 1 aliphatic heterocycles. The standard InChI is InChI=1S/C14H18FN3O2/c1-17-13(19)12-4-2-3-7-18(12)14(20)10-8-9(16)5-6-11(10)15/h5-6,8,12H,2-4,7,16H2,1H3,(H,17,19). The number of halogens is 1. The molecule has 6 heteroatoms. The van der Waals surface area contributed by atoms with Crippen LogP contribution in [0.4, 0.5) is 10.1 Å². The molecule has 2 amide bonds. The van der Waals surface area contributed by atoms with Gasteiger partial charge in [0.2, 0.25) is 5.91 Å². The van der Waals surface area contributed by atoms with Crippen LogP contribution in [0.25, 0.3) is 0 Å². The molecule has 1 unspecified atom stereocenters. The number of nitrogen functional groups attached to an aromatic ring is 1. The van der Waals surface area contributed by atoms with Crippen LogP contribution in [0.2, 0.25) is 0 Å². The van der Waals surface area contributed by atoms with E-state index >= 15 is 0 Å². The van der Waals surface area contributed by atoms with Crippen molar-refractivity contribution in [3.8, 4) is 0 Å². The molecule has 1 fully saturated rings. The molecule has 0 aromatic heterocycles. The predicted molar refractivity (Wildman–Crippen MR) is 73.6 cm³/mol. The number of nitrogens with zero attached hydrogens (tertiary/aromatic N) is 1. The molecule has 0 bridgehead atoms. The summed E-state index contributed by atoms with van der Waals surface area (Å²) in [5.74, 6) is -1.32. The number of nitrogens with two attached hydrogens (primary N) is 1. The first-order chi connectivity index (χ1) is 9.54. The van der Waals surface area contributed by atoms with Crippen LogP contribution in [0.15, 0.2) is 18.2 Å². The maximum Gasteiger partial charge on any atom is 0.257 e. The van der Waals surface area contributed by atoms with E-state index in [1.165, 1.54) is 30.1 Å². The molecule has 1 saturated heterocycles. The largest absolute Gasteiger partial charge is 0.399 e. The number of rotatable bonds is 2. The van der Waals surface area contributed by atoms with Crippen LogP contribution in [0.1, 0.15) is 29.6 Å². The van der Waals surface area contributed by atoms with Gasteiger partial charge in [0.15, 0.2) is 0 Å². The van der Waals surface area contributed by atoms with Crippen molar-refractivity contribution in [1.29, 1.82) is 0 Å². The topological polar surface area (TPSA) is 75.4 Å². The number of hydrogen-bond donors (Lipinski definition) is 2. The third-order valence-corrected chi connectivity index (χ3v) is 3.53.